The summed E-state index contributed by atoms with van der Waals surface area (Å²) >= 11 is 0. The predicted octanol–water partition coefficient (Wildman–Crippen LogP) is 6.23. The van der Waals surface area contributed by atoms with Gasteiger partial charge in [0.15, 0.2) is 0 Å². The van der Waals surface area contributed by atoms with Crippen molar-refractivity contribution in [2.45, 2.75) is 86.5 Å². The van der Waals surface area contributed by atoms with Crippen molar-refractivity contribution in [3.8, 4) is 5.75 Å². The Hall–Kier alpha value is -1.51. The van der Waals surface area contributed by atoms with Gasteiger partial charge in [0, 0.05) is 0 Å². The van der Waals surface area contributed by atoms with E-state index in [0.29, 0.717) is 12.2 Å². The summed E-state index contributed by atoms with van der Waals surface area (Å²) in [7, 11) is 0. The van der Waals surface area contributed by atoms with Gasteiger partial charge in [-0.3, -0.25) is 0 Å². The maximum Gasteiger partial charge on any atom is 0.338 e. The van der Waals surface area contributed by atoms with Crippen LogP contribution in [0.2, 0.25) is 0 Å². The molecule has 0 radical (unpaired) electrons. The lowest BCUT2D eigenvalue weighted by molar-refractivity contribution is 0.0524. The molecule has 0 bridgehead atoms. The summed E-state index contributed by atoms with van der Waals surface area (Å²) in [6.07, 6.45) is 8.93. The van der Waals surface area contributed by atoms with Crippen LogP contribution in [0.4, 0.5) is 0 Å². The fraction of sp³-hybridized carbons (Fsp3) is 0.682. The molecule has 0 aliphatic carbocycles. The Morgan fingerprint density at radius 2 is 1.28 bits per heavy atom. The van der Waals surface area contributed by atoms with Crippen molar-refractivity contribution < 1.29 is 14.3 Å². The first-order chi connectivity index (χ1) is 12.0. The van der Waals surface area contributed by atoms with Gasteiger partial charge in [-0.1, -0.05) is 45.4 Å². The van der Waals surface area contributed by atoms with E-state index in [-0.39, 0.29) is 5.97 Å². The fourth-order valence-corrected chi connectivity index (χ4v) is 3.24. The molecule has 0 aromatic heterocycles. The van der Waals surface area contributed by atoms with Crippen molar-refractivity contribution in [2.24, 2.45) is 0 Å². The first-order valence-corrected chi connectivity index (χ1v) is 9.85. The molecule has 0 fully saturated rings. The lowest BCUT2D eigenvalue weighted by Gasteiger charge is -2.20. The van der Waals surface area contributed by atoms with Gasteiger partial charge in [-0.05, 0) is 63.3 Å². The number of carbonyl (C=O) groups excluding carboxylic acids is 1. The summed E-state index contributed by atoms with van der Waals surface area (Å²) < 4.78 is 11.3. The second-order valence-electron chi connectivity index (χ2n) is 6.89. The van der Waals surface area contributed by atoms with Gasteiger partial charge >= 0.3 is 5.97 Å². The summed E-state index contributed by atoms with van der Waals surface area (Å²) in [5.41, 5.74) is 4.73. The standard InChI is InChI=1S/C22H36O3/c1-7-9-10-11-12-13-14-15-25-21-18(5)16(3)20(17(4)19(21)6)22(23)24-8-2/h7-15H2,1-6H3. The van der Waals surface area contributed by atoms with Crippen molar-refractivity contribution in [1.82, 2.24) is 0 Å². The lowest BCUT2D eigenvalue weighted by atomic mass is 9.93. The van der Waals surface area contributed by atoms with Gasteiger partial charge in [0.05, 0.1) is 18.8 Å². The molecule has 0 atom stereocenters. The van der Waals surface area contributed by atoms with Crippen molar-refractivity contribution in [2.75, 3.05) is 13.2 Å². The number of ether oxygens (including phenoxy) is 2. The SMILES string of the molecule is CCCCCCCCCOc1c(C)c(C)c(C(=O)OCC)c(C)c1C. The van der Waals surface area contributed by atoms with Crippen LogP contribution in [0.25, 0.3) is 0 Å². The number of esters is 1. The summed E-state index contributed by atoms with van der Waals surface area (Å²) in [5.74, 6) is 0.705. The highest BCUT2D eigenvalue weighted by atomic mass is 16.5. The van der Waals surface area contributed by atoms with Gasteiger partial charge < -0.3 is 9.47 Å². The van der Waals surface area contributed by atoms with E-state index in [1.807, 2.05) is 34.6 Å². The summed E-state index contributed by atoms with van der Waals surface area (Å²) in [5, 5.41) is 0. The van der Waals surface area contributed by atoms with E-state index >= 15 is 0 Å². The van der Waals surface area contributed by atoms with Crippen molar-refractivity contribution >= 4 is 5.97 Å². The molecule has 3 nitrogen and oxygen atoms in total. The van der Waals surface area contributed by atoms with Gasteiger partial charge in [0.1, 0.15) is 5.75 Å². The highest BCUT2D eigenvalue weighted by Gasteiger charge is 2.21. The van der Waals surface area contributed by atoms with Crippen molar-refractivity contribution in [1.29, 1.82) is 0 Å². The second kappa shape index (κ2) is 11.2. The quantitative estimate of drug-likeness (QED) is 0.351. The van der Waals surface area contributed by atoms with Crippen LogP contribution in [0.1, 0.15) is 91.4 Å². The third-order valence-electron chi connectivity index (χ3n) is 5.03. The maximum atomic E-state index is 12.2. The molecule has 0 spiro atoms. The molecule has 0 aliphatic heterocycles. The Morgan fingerprint density at radius 3 is 1.80 bits per heavy atom. The molecule has 1 aromatic carbocycles. The smallest absolute Gasteiger partial charge is 0.338 e. The van der Waals surface area contributed by atoms with E-state index in [2.05, 4.69) is 6.92 Å². The van der Waals surface area contributed by atoms with Crippen LogP contribution in [-0.2, 0) is 4.74 Å². The summed E-state index contributed by atoms with van der Waals surface area (Å²) in [6, 6.07) is 0. The first-order valence-electron chi connectivity index (χ1n) is 9.85. The molecule has 0 amide bonds. The molecule has 0 aliphatic rings. The van der Waals surface area contributed by atoms with Crippen molar-refractivity contribution in [3.63, 3.8) is 0 Å². The molecule has 0 saturated carbocycles. The minimum atomic E-state index is -0.234. The van der Waals surface area contributed by atoms with Gasteiger partial charge in [0.25, 0.3) is 0 Å². The van der Waals surface area contributed by atoms with Gasteiger partial charge in [-0.2, -0.15) is 0 Å². The van der Waals surface area contributed by atoms with Crippen LogP contribution in [0.3, 0.4) is 0 Å². The Balaban J connectivity index is 2.68. The number of rotatable bonds is 11. The average molecular weight is 349 g/mol. The Bertz CT molecular complexity index is 532. The zero-order valence-corrected chi connectivity index (χ0v) is 17.1. The van der Waals surface area contributed by atoms with Crippen LogP contribution in [0, 0.1) is 27.7 Å². The lowest BCUT2D eigenvalue weighted by Crippen LogP contribution is -2.13. The number of benzene rings is 1. The highest BCUT2D eigenvalue weighted by molar-refractivity contribution is 5.94. The number of hydrogen-bond donors (Lipinski definition) is 0. The Morgan fingerprint density at radius 1 is 0.760 bits per heavy atom. The largest absolute Gasteiger partial charge is 0.493 e. The van der Waals surface area contributed by atoms with Gasteiger partial charge in [-0.25, -0.2) is 4.79 Å². The molecule has 25 heavy (non-hydrogen) atoms. The molecule has 0 N–H and O–H groups in total. The highest BCUT2D eigenvalue weighted by Crippen LogP contribution is 2.33. The normalized spacial score (nSPS) is 10.8. The van der Waals surface area contributed by atoms with Crippen molar-refractivity contribution in [3.05, 3.63) is 27.8 Å². The topological polar surface area (TPSA) is 35.5 Å². The van der Waals surface area contributed by atoms with E-state index in [9.17, 15) is 4.79 Å². The zero-order chi connectivity index (χ0) is 18.8. The predicted molar refractivity (Wildman–Crippen MR) is 105 cm³/mol. The Kier molecular flexibility index (Phi) is 9.62. The van der Waals surface area contributed by atoms with E-state index in [1.165, 1.54) is 38.5 Å². The van der Waals surface area contributed by atoms with E-state index < -0.39 is 0 Å². The van der Waals surface area contributed by atoms with Crippen LogP contribution in [0.15, 0.2) is 0 Å². The van der Waals surface area contributed by atoms with Crippen LogP contribution in [-0.4, -0.2) is 19.2 Å². The first kappa shape index (κ1) is 21.5. The average Bonchev–Trinajstić information content (AvgIpc) is 2.58. The summed E-state index contributed by atoms with van der Waals surface area (Å²) in [6.45, 7) is 13.2. The second-order valence-corrected chi connectivity index (χ2v) is 6.89. The molecule has 3 heteroatoms. The van der Waals surface area contributed by atoms with Crippen LogP contribution >= 0.6 is 0 Å². The third kappa shape index (κ3) is 6.05. The minimum Gasteiger partial charge on any atom is -0.493 e. The van der Waals surface area contributed by atoms with Gasteiger partial charge in [0.2, 0.25) is 0 Å². The van der Waals surface area contributed by atoms with E-state index in [0.717, 1.165) is 41.0 Å². The molecule has 0 saturated heterocycles. The molecule has 0 unspecified atom stereocenters. The number of unbranched alkanes of at least 4 members (excludes halogenated alkanes) is 6. The molecular weight excluding hydrogens is 312 g/mol. The monoisotopic (exact) mass is 348 g/mol. The molecule has 0 heterocycles. The van der Waals surface area contributed by atoms with E-state index in [4.69, 9.17) is 9.47 Å². The fourth-order valence-electron chi connectivity index (χ4n) is 3.24. The van der Waals surface area contributed by atoms with Gasteiger partial charge in [-0.15, -0.1) is 0 Å². The Labute approximate surface area is 154 Å². The zero-order valence-electron chi connectivity index (χ0n) is 17.1. The molecule has 1 rings (SSSR count). The van der Waals surface area contributed by atoms with E-state index in [1.54, 1.807) is 0 Å². The number of carbonyl (C=O) groups is 1. The van der Waals surface area contributed by atoms with Crippen LogP contribution < -0.4 is 4.74 Å². The summed E-state index contributed by atoms with van der Waals surface area (Å²) in [4.78, 5) is 12.2. The van der Waals surface area contributed by atoms with Crippen LogP contribution in [0.5, 0.6) is 5.75 Å². The molecular formula is C22H36O3. The molecule has 142 valence electrons. The number of hydrogen-bond acceptors (Lipinski definition) is 3. The maximum absolute atomic E-state index is 12.2. The molecule has 1 aromatic rings. The minimum absolute atomic E-state index is 0.234. The third-order valence-corrected chi connectivity index (χ3v) is 5.03.